The molecule has 0 saturated carbocycles. The summed E-state index contributed by atoms with van der Waals surface area (Å²) < 4.78 is 0. The zero-order valence-corrected chi connectivity index (χ0v) is 15.8. The van der Waals surface area contributed by atoms with Crippen LogP contribution >= 0.6 is 11.3 Å². The van der Waals surface area contributed by atoms with Gasteiger partial charge in [-0.05, 0) is 42.5 Å². The van der Waals surface area contributed by atoms with E-state index in [-0.39, 0.29) is 11.8 Å². The van der Waals surface area contributed by atoms with Gasteiger partial charge in [-0.25, -0.2) is 9.97 Å². The van der Waals surface area contributed by atoms with Gasteiger partial charge in [0.25, 0.3) is 5.91 Å². The minimum absolute atomic E-state index is 0.0956. The van der Waals surface area contributed by atoms with Gasteiger partial charge in [0.05, 0.1) is 11.7 Å². The number of hydrogen-bond donors (Lipinski definition) is 1. The lowest BCUT2D eigenvalue weighted by atomic mass is 9.90. The average Bonchev–Trinajstić information content (AvgIpc) is 3.14. The molecule has 6 nitrogen and oxygen atoms in total. The van der Waals surface area contributed by atoms with E-state index in [0.29, 0.717) is 24.5 Å². The van der Waals surface area contributed by atoms with Crippen LogP contribution in [0.1, 0.15) is 33.1 Å². The number of likely N-dealkylation sites (tertiary alicyclic amines) is 1. The number of carbonyl (C=O) groups excluding carboxylic acids is 1. The predicted octanol–water partition coefficient (Wildman–Crippen LogP) is 2.90. The number of pyridine rings is 1. The van der Waals surface area contributed by atoms with Crippen LogP contribution in [0.4, 0.5) is 0 Å². The lowest BCUT2D eigenvalue weighted by Crippen LogP contribution is -2.45. The van der Waals surface area contributed by atoms with Crippen LogP contribution in [0.5, 0.6) is 0 Å². The van der Waals surface area contributed by atoms with E-state index in [1.54, 1.807) is 41.0 Å². The van der Waals surface area contributed by atoms with Gasteiger partial charge in [-0.1, -0.05) is 0 Å². The van der Waals surface area contributed by atoms with E-state index in [1.165, 1.54) is 10.4 Å². The maximum Gasteiger partial charge on any atom is 0.257 e. The zero-order chi connectivity index (χ0) is 18.8. The van der Waals surface area contributed by atoms with E-state index in [0.717, 1.165) is 12.0 Å². The maximum atomic E-state index is 12.8. The molecule has 27 heavy (non-hydrogen) atoms. The molecule has 0 spiro atoms. The molecule has 2 atom stereocenters. The molecule has 1 aliphatic rings. The monoisotopic (exact) mass is 380 g/mol. The van der Waals surface area contributed by atoms with Gasteiger partial charge < -0.3 is 10.0 Å². The van der Waals surface area contributed by atoms with Gasteiger partial charge in [0.2, 0.25) is 0 Å². The van der Waals surface area contributed by atoms with Gasteiger partial charge >= 0.3 is 0 Å². The third-order valence-corrected chi connectivity index (χ3v) is 6.08. The Morgan fingerprint density at radius 2 is 2.07 bits per heavy atom. The van der Waals surface area contributed by atoms with E-state index < -0.39 is 6.10 Å². The van der Waals surface area contributed by atoms with Crippen LogP contribution in [0.15, 0.2) is 48.4 Å². The van der Waals surface area contributed by atoms with Gasteiger partial charge in [-0.3, -0.25) is 9.78 Å². The summed E-state index contributed by atoms with van der Waals surface area (Å²) in [6, 6.07) is 5.77. The van der Waals surface area contributed by atoms with Crippen molar-refractivity contribution in [1.29, 1.82) is 0 Å². The number of aliphatic hydroxyl groups is 1. The molecule has 0 unspecified atom stereocenters. The van der Waals surface area contributed by atoms with Crippen LogP contribution in [0, 0.1) is 6.92 Å². The molecule has 4 rings (SSSR count). The van der Waals surface area contributed by atoms with Gasteiger partial charge in [0.1, 0.15) is 0 Å². The Hall–Kier alpha value is -2.64. The first kappa shape index (κ1) is 17.8. The van der Waals surface area contributed by atoms with Crippen LogP contribution < -0.4 is 0 Å². The lowest BCUT2D eigenvalue weighted by Gasteiger charge is -2.35. The van der Waals surface area contributed by atoms with Gasteiger partial charge in [-0.15, -0.1) is 11.3 Å². The summed E-state index contributed by atoms with van der Waals surface area (Å²) in [5.41, 5.74) is 2.45. The summed E-state index contributed by atoms with van der Waals surface area (Å²) in [5.74, 6) is 0.484. The highest BCUT2D eigenvalue weighted by atomic mass is 32.1. The molecular weight excluding hydrogens is 360 g/mol. The molecule has 3 aromatic heterocycles. The first-order chi connectivity index (χ1) is 13.1. The van der Waals surface area contributed by atoms with E-state index >= 15 is 0 Å². The van der Waals surface area contributed by atoms with Crippen molar-refractivity contribution < 1.29 is 9.90 Å². The van der Waals surface area contributed by atoms with Crippen LogP contribution in [0.3, 0.4) is 0 Å². The summed E-state index contributed by atoms with van der Waals surface area (Å²) in [7, 11) is 0. The number of piperidine rings is 1. The number of nitrogens with zero attached hydrogens (tertiary/aromatic N) is 4. The number of aromatic nitrogens is 3. The second kappa shape index (κ2) is 7.54. The first-order valence-corrected chi connectivity index (χ1v) is 9.75. The summed E-state index contributed by atoms with van der Waals surface area (Å²) in [4.78, 5) is 28.3. The zero-order valence-electron chi connectivity index (χ0n) is 14.9. The summed E-state index contributed by atoms with van der Waals surface area (Å²) >= 11 is 1.68. The van der Waals surface area contributed by atoms with Gasteiger partial charge in [0, 0.05) is 54.2 Å². The van der Waals surface area contributed by atoms with Crippen LogP contribution in [0.25, 0.3) is 11.4 Å². The van der Waals surface area contributed by atoms with Crippen LogP contribution in [0.2, 0.25) is 0 Å². The van der Waals surface area contributed by atoms with Crippen molar-refractivity contribution in [2.75, 3.05) is 13.1 Å². The number of thiophene rings is 1. The van der Waals surface area contributed by atoms with E-state index in [9.17, 15) is 9.90 Å². The molecule has 0 aliphatic carbocycles. The Bertz CT molecular complexity index is 927. The fraction of sp³-hybridized carbons (Fsp3) is 0.300. The highest BCUT2D eigenvalue weighted by molar-refractivity contribution is 7.10. The van der Waals surface area contributed by atoms with E-state index in [1.807, 2.05) is 12.1 Å². The third kappa shape index (κ3) is 3.61. The van der Waals surface area contributed by atoms with Crippen molar-refractivity contribution in [3.05, 3.63) is 64.4 Å². The van der Waals surface area contributed by atoms with E-state index in [2.05, 4.69) is 33.3 Å². The number of amides is 1. The Morgan fingerprint density at radius 1 is 1.26 bits per heavy atom. The Morgan fingerprint density at radius 3 is 2.70 bits per heavy atom. The summed E-state index contributed by atoms with van der Waals surface area (Å²) in [6.45, 7) is 3.00. The van der Waals surface area contributed by atoms with Crippen molar-refractivity contribution in [3.8, 4) is 11.4 Å². The van der Waals surface area contributed by atoms with Gasteiger partial charge in [-0.2, -0.15) is 0 Å². The minimum Gasteiger partial charge on any atom is -0.391 e. The molecule has 0 radical (unpaired) electrons. The van der Waals surface area contributed by atoms with Gasteiger partial charge in [0.15, 0.2) is 5.82 Å². The van der Waals surface area contributed by atoms with Crippen molar-refractivity contribution in [1.82, 2.24) is 19.9 Å². The molecule has 1 aliphatic heterocycles. The minimum atomic E-state index is -0.560. The summed E-state index contributed by atoms with van der Waals surface area (Å²) in [5, 5.41) is 12.7. The maximum absolute atomic E-state index is 12.8. The lowest BCUT2D eigenvalue weighted by molar-refractivity contribution is 0.0386. The largest absolute Gasteiger partial charge is 0.391 e. The molecule has 1 amide bonds. The molecule has 1 fully saturated rings. The normalized spacial score (nSPS) is 19.9. The predicted molar refractivity (Wildman–Crippen MR) is 104 cm³/mol. The highest BCUT2D eigenvalue weighted by Crippen LogP contribution is 2.34. The number of β-amino-alcohol motifs (C(OH)–C–C–N with tert-alkyl or cyclic N) is 1. The average molecular weight is 380 g/mol. The second-order valence-electron chi connectivity index (χ2n) is 6.72. The Labute approximate surface area is 161 Å². The van der Waals surface area contributed by atoms with Crippen molar-refractivity contribution in [3.63, 3.8) is 0 Å². The number of carbonyl (C=O) groups is 1. The number of hydrogen-bond acceptors (Lipinski definition) is 6. The topological polar surface area (TPSA) is 79.2 Å². The second-order valence-corrected chi connectivity index (χ2v) is 7.67. The Kier molecular flexibility index (Phi) is 4.96. The molecule has 0 aromatic carbocycles. The van der Waals surface area contributed by atoms with Crippen LogP contribution in [-0.4, -0.2) is 50.1 Å². The molecular formula is C20H20N4O2S. The van der Waals surface area contributed by atoms with Crippen LogP contribution in [-0.2, 0) is 0 Å². The summed E-state index contributed by atoms with van der Waals surface area (Å²) in [6.07, 6.45) is 6.65. The fourth-order valence-electron chi connectivity index (χ4n) is 3.45. The number of aliphatic hydroxyl groups excluding tert-OH is 1. The number of rotatable bonds is 3. The molecule has 1 saturated heterocycles. The SMILES string of the molecule is Cc1ccsc1[C@@H]1CCN(C(=O)c2cnc(-c3cccnc3)nc2)C[C@H]1O. The van der Waals surface area contributed by atoms with Crippen molar-refractivity contribution in [2.45, 2.75) is 25.4 Å². The third-order valence-electron chi connectivity index (χ3n) is 4.93. The first-order valence-electron chi connectivity index (χ1n) is 8.87. The standard InChI is InChI=1S/C20H20N4O2S/c1-13-5-8-27-18(13)16-4-7-24(12-17(16)25)20(26)15-10-22-19(23-11-15)14-3-2-6-21-9-14/h2-3,5-6,8-11,16-17,25H,4,7,12H2,1H3/t16-,17-/m1/s1. The molecule has 7 heteroatoms. The van der Waals surface area contributed by atoms with Crippen molar-refractivity contribution >= 4 is 17.2 Å². The molecule has 3 aromatic rings. The molecule has 0 bridgehead atoms. The quantitative estimate of drug-likeness (QED) is 0.756. The fourth-order valence-corrected chi connectivity index (χ4v) is 4.57. The molecule has 138 valence electrons. The molecule has 1 N–H and O–H groups in total. The smallest absolute Gasteiger partial charge is 0.257 e. The highest BCUT2D eigenvalue weighted by Gasteiger charge is 2.33. The van der Waals surface area contributed by atoms with E-state index in [4.69, 9.17) is 0 Å². The van der Waals surface area contributed by atoms with Crippen molar-refractivity contribution in [2.24, 2.45) is 0 Å². The number of aryl methyl sites for hydroxylation is 1. The molecule has 4 heterocycles. The Balaban J connectivity index is 1.45.